The van der Waals surface area contributed by atoms with Gasteiger partial charge in [0, 0.05) is 35.7 Å². The van der Waals surface area contributed by atoms with Crippen LogP contribution in [-0.4, -0.2) is 35.0 Å². The lowest BCUT2D eigenvalue weighted by Gasteiger charge is -2.34. The summed E-state index contributed by atoms with van der Waals surface area (Å²) in [6.07, 6.45) is 0. The summed E-state index contributed by atoms with van der Waals surface area (Å²) in [4.78, 5) is 2.56. The highest BCUT2D eigenvalue weighted by Gasteiger charge is 2.23. The fourth-order valence-electron chi connectivity index (χ4n) is 2.73. The van der Waals surface area contributed by atoms with Crippen LogP contribution in [0.2, 0.25) is 0 Å². The summed E-state index contributed by atoms with van der Waals surface area (Å²) in [7, 11) is 0. The molecule has 4 heteroatoms. The highest BCUT2D eigenvalue weighted by molar-refractivity contribution is 8.00. The Morgan fingerprint density at radius 1 is 1.37 bits per heavy atom. The van der Waals surface area contributed by atoms with Gasteiger partial charge >= 0.3 is 0 Å². The topological polar surface area (TPSA) is 28.4 Å². The standard InChI is InChI=1S/C15H26N2OS/c1-5-16-7-15-6-14(13(4)18-15)10-17-8-11(2)19-12(3)9-17/h6,11-12,16H,5,7-10H2,1-4H3. The Hall–Kier alpha value is -0.450. The molecule has 1 aromatic heterocycles. The van der Waals surface area contributed by atoms with Crippen molar-refractivity contribution >= 4 is 11.8 Å². The van der Waals surface area contributed by atoms with Crippen LogP contribution in [-0.2, 0) is 13.1 Å². The zero-order valence-corrected chi connectivity index (χ0v) is 13.3. The maximum atomic E-state index is 5.82. The zero-order chi connectivity index (χ0) is 13.8. The monoisotopic (exact) mass is 282 g/mol. The SMILES string of the molecule is CCNCc1cc(CN2CC(C)SC(C)C2)c(C)o1. The second kappa shape index (κ2) is 6.82. The average Bonchev–Trinajstić information content (AvgIpc) is 2.66. The van der Waals surface area contributed by atoms with E-state index in [0.29, 0.717) is 0 Å². The quantitative estimate of drug-likeness (QED) is 0.898. The van der Waals surface area contributed by atoms with E-state index in [9.17, 15) is 0 Å². The molecule has 1 aliphatic rings. The number of thioether (sulfide) groups is 1. The lowest BCUT2D eigenvalue weighted by Crippen LogP contribution is -2.39. The Kier molecular flexibility index (Phi) is 5.37. The molecule has 0 bridgehead atoms. The largest absolute Gasteiger partial charge is 0.465 e. The third-order valence-electron chi connectivity index (χ3n) is 3.51. The number of furan rings is 1. The first-order valence-electron chi connectivity index (χ1n) is 7.25. The lowest BCUT2D eigenvalue weighted by molar-refractivity contribution is 0.261. The molecule has 1 N–H and O–H groups in total. The highest BCUT2D eigenvalue weighted by Crippen LogP contribution is 2.26. The summed E-state index contributed by atoms with van der Waals surface area (Å²) < 4.78 is 5.82. The smallest absolute Gasteiger partial charge is 0.118 e. The predicted octanol–water partition coefficient (Wildman–Crippen LogP) is 3.02. The molecular weight excluding hydrogens is 256 g/mol. The summed E-state index contributed by atoms with van der Waals surface area (Å²) in [6, 6.07) is 2.22. The van der Waals surface area contributed by atoms with Crippen molar-refractivity contribution in [3.63, 3.8) is 0 Å². The van der Waals surface area contributed by atoms with E-state index in [1.165, 1.54) is 18.7 Å². The van der Waals surface area contributed by atoms with Gasteiger partial charge in [0.05, 0.1) is 6.54 Å². The van der Waals surface area contributed by atoms with Crippen molar-refractivity contribution in [3.05, 3.63) is 23.2 Å². The molecule has 0 spiro atoms. The number of nitrogens with zero attached hydrogens (tertiary/aromatic N) is 1. The molecule has 1 saturated heterocycles. The van der Waals surface area contributed by atoms with Gasteiger partial charge in [-0.2, -0.15) is 11.8 Å². The number of rotatable bonds is 5. The van der Waals surface area contributed by atoms with Crippen LogP contribution in [0.5, 0.6) is 0 Å². The van der Waals surface area contributed by atoms with Crippen molar-refractivity contribution in [3.8, 4) is 0 Å². The van der Waals surface area contributed by atoms with Crippen LogP contribution in [0.1, 0.15) is 37.9 Å². The van der Waals surface area contributed by atoms with Crippen LogP contribution in [0.3, 0.4) is 0 Å². The van der Waals surface area contributed by atoms with Gasteiger partial charge in [0.25, 0.3) is 0 Å². The van der Waals surface area contributed by atoms with E-state index in [-0.39, 0.29) is 0 Å². The second-order valence-electron chi connectivity index (χ2n) is 5.53. The Morgan fingerprint density at radius 3 is 2.68 bits per heavy atom. The molecule has 0 amide bonds. The van der Waals surface area contributed by atoms with Crippen molar-refractivity contribution < 1.29 is 4.42 Å². The molecule has 2 rings (SSSR count). The minimum absolute atomic E-state index is 0.734. The third-order valence-corrected chi connectivity index (χ3v) is 4.74. The van der Waals surface area contributed by atoms with Crippen molar-refractivity contribution in [2.45, 2.75) is 51.3 Å². The van der Waals surface area contributed by atoms with Gasteiger partial charge < -0.3 is 9.73 Å². The molecule has 2 unspecified atom stereocenters. The number of nitrogens with one attached hydrogen (secondary N) is 1. The van der Waals surface area contributed by atoms with Gasteiger partial charge in [-0.1, -0.05) is 20.8 Å². The van der Waals surface area contributed by atoms with Gasteiger partial charge in [0.1, 0.15) is 11.5 Å². The van der Waals surface area contributed by atoms with Crippen LogP contribution in [0, 0.1) is 6.92 Å². The Bertz CT molecular complexity index is 395. The minimum atomic E-state index is 0.734. The molecule has 2 atom stereocenters. The third kappa shape index (κ3) is 4.26. The van der Waals surface area contributed by atoms with Gasteiger partial charge in [-0.15, -0.1) is 0 Å². The average molecular weight is 282 g/mol. The minimum Gasteiger partial charge on any atom is -0.465 e. The zero-order valence-electron chi connectivity index (χ0n) is 12.5. The normalized spacial score (nSPS) is 24.8. The van der Waals surface area contributed by atoms with Gasteiger partial charge in [-0.05, 0) is 19.5 Å². The highest BCUT2D eigenvalue weighted by atomic mass is 32.2. The summed E-state index contributed by atoms with van der Waals surface area (Å²) in [6.45, 7) is 14.0. The first-order valence-corrected chi connectivity index (χ1v) is 8.19. The summed E-state index contributed by atoms with van der Waals surface area (Å²) in [5.41, 5.74) is 1.35. The predicted molar refractivity (Wildman–Crippen MR) is 82.6 cm³/mol. The Labute approximate surface area is 121 Å². The van der Waals surface area contributed by atoms with Crippen LogP contribution in [0.4, 0.5) is 0 Å². The van der Waals surface area contributed by atoms with Crippen LogP contribution in [0.25, 0.3) is 0 Å². The van der Waals surface area contributed by atoms with Crippen molar-refractivity contribution in [2.24, 2.45) is 0 Å². The van der Waals surface area contributed by atoms with Crippen LogP contribution < -0.4 is 5.32 Å². The molecule has 0 aromatic carbocycles. The van der Waals surface area contributed by atoms with E-state index in [4.69, 9.17) is 4.42 Å². The Balaban J connectivity index is 1.96. The molecule has 0 radical (unpaired) electrons. The summed E-state index contributed by atoms with van der Waals surface area (Å²) in [5, 5.41) is 4.78. The molecule has 2 heterocycles. The van der Waals surface area contributed by atoms with Gasteiger partial charge in [0.15, 0.2) is 0 Å². The van der Waals surface area contributed by atoms with Gasteiger partial charge in [-0.25, -0.2) is 0 Å². The summed E-state index contributed by atoms with van der Waals surface area (Å²) in [5.74, 6) is 2.13. The molecule has 19 heavy (non-hydrogen) atoms. The molecule has 1 aliphatic heterocycles. The first kappa shape index (κ1) is 14.9. The fourth-order valence-corrected chi connectivity index (χ4v) is 4.12. The maximum absolute atomic E-state index is 5.82. The van der Waals surface area contributed by atoms with Crippen molar-refractivity contribution in [1.82, 2.24) is 10.2 Å². The van der Waals surface area contributed by atoms with E-state index in [2.05, 4.69) is 55.7 Å². The van der Waals surface area contributed by atoms with Crippen molar-refractivity contribution in [2.75, 3.05) is 19.6 Å². The Morgan fingerprint density at radius 2 is 2.05 bits per heavy atom. The van der Waals surface area contributed by atoms with E-state index in [0.717, 1.165) is 41.7 Å². The van der Waals surface area contributed by atoms with Gasteiger partial charge in [0.2, 0.25) is 0 Å². The first-order chi connectivity index (χ1) is 9.08. The summed E-state index contributed by atoms with van der Waals surface area (Å²) >= 11 is 2.10. The molecule has 0 saturated carbocycles. The number of aryl methyl sites for hydroxylation is 1. The second-order valence-corrected chi connectivity index (χ2v) is 7.41. The molecule has 3 nitrogen and oxygen atoms in total. The lowest BCUT2D eigenvalue weighted by atomic mass is 10.2. The molecule has 0 aliphatic carbocycles. The van der Waals surface area contributed by atoms with Gasteiger partial charge in [-0.3, -0.25) is 4.90 Å². The molecule has 1 aromatic rings. The van der Waals surface area contributed by atoms with E-state index >= 15 is 0 Å². The maximum Gasteiger partial charge on any atom is 0.118 e. The fraction of sp³-hybridized carbons (Fsp3) is 0.733. The number of hydrogen-bond acceptors (Lipinski definition) is 4. The van der Waals surface area contributed by atoms with Crippen molar-refractivity contribution in [1.29, 1.82) is 0 Å². The molecular formula is C15H26N2OS. The molecule has 1 fully saturated rings. The van der Waals surface area contributed by atoms with Crippen LogP contribution >= 0.6 is 11.8 Å². The van der Waals surface area contributed by atoms with E-state index in [1.54, 1.807) is 0 Å². The van der Waals surface area contributed by atoms with E-state index in [1.807, 2.05) is 0 Å². The van der Waals surface area contributed by atoms with E-state index < -0.39 is 0 Å². The molecule has 108 valence electrons. The van der Waals surface area contributed by atoms with Crippen LogP contribution in [0.15, 0.2) is 10.5 Å². The number of hydrogen-bond donors (Lipinski definition) is 1.